The lowest BCUT2D eigenvalue weighted by molar-refractivity contribution is -0.143. The monoisotopic (exact) mass is 242 g/mol. The Kier molecular flexibility index (Phi) is 3.51. The molecule has 6 heteroatoms. The van der Waals surface area contributed by atoms with Crippen molar-refractivity contribution in [1.29, 1.82) is 0 Å². The van der Waals surface area contributed by atoms with Crippen LogP contribution in [0, 0.1) is 0 Å². The lowest BCUT2D eigenvalue weighted by Crippen LogP contribution is -2.52. The number of amides is 1. The SMILES string of the molecule is O=C(O)[C@@H]1[C@H](N2CCCCC2)CCN1C(=O)O. The van der Waals surface area contributed by atoms with E-state index in [1.165, 1.54) is 6.42 Å². The van der Waals surface area contributed by atoms with E-state index in [2.05, 4.69) is 4.90 Å². The molecular formula is C11H18N2O4. The highest BCUT2D eigenvalue weighted by Gasteiger charge is 2.44. The van der Waals surface area contributed by atoms with Crippen LogP contribution in [0.2, 0.25) is 0 Å². The molecule has 0 bridgehead atoms. The van der Waals surface area contributed by atoms with E-state index < -0.39 is 18.1 Å². The largest absolute Gasteiger partial charge is 0.480 e. The van der Waals surface area contributed by atoms with Crippen LogP contribution in [-0.2, 0) is 4.79 Å². The molecule has 2 saturated heterocycles. The van der Waals surface area contributed by atoms with Crippen LogP contribution in [0.4, 0.5) is 4.79 Å². The molecule has 0 aliphatic carbocycles. The molecule has 2 fully saturated rings. The number of carboxylic acids is 1. The zero-order valence-electron chi connectivity index (χ0n) is 9.71. The number of rotatable bonds is 2. The van der Waals surface area contributed by atoms with Crippen LogP contribution in [0.15, 0.2) is 0 Å². The zero-order chi connectivity index (χ0) is 12.4. The Balaban J connectivity index is 2.11. The summed E-state index contributed by atoms with van der Waals surface area (Å²) in [5, 5.41) is 18.2. The summed E-state index contributed by atoms with van der Waals surface area (Å²) in [4.78, 5) is 25.4. The van der Waals surface area contributed by atoms with Gasteiger partial charge < -0.3 is 10.2 Å². The molecule has 17 heavy (non-hydrogen) atoms. The predicted molar refractivity (Wildman–Crippen MR) is 60.0 cm³/mol. The summed E-state index contributed by atoms with van der Waals surface area (Å²) >= 11 is 0. The maximum Gasteiger partial charge on any atom is 0.408 e. The van der Waals surface area contributed by atoms with Crippen LogP contribution in [0.5, 0.6) is 0 Å². The van der Waals surface area contributed by atoms with Gasteiger partial charge in [-0.1, -0.05) is 6.42 Å². The molecular weight excluding hydrogens is 224 g/mol. The molecule has 2 atom stereocenters. The minimum Gasteiger partial charge on any atom is -0.480 e. The molecule has 0 radical (unpaired) electrons. The Morgan fingerprint density at radius 2 is 1.65 bits per heavy atom. The lowest BCUT2D eigenvalue weighted by Gasteiger charge is -2.34. The highest BCUT2D eigenvalue weighted by atomic mass is 16.4. The maximum absolute atomic E-state index is 11.2. The first kappa shape index (κ1) is 12.2. The van der Waals surface area contributed by atoms with Gasteiger partial charge in [-0.15, -0.1) is 0 Å². The summed E-state index contributed by atoms with van der Waals surface area (Å²) in [7, 11) is 0. The number of carbonyl (C=O) groups is 2. The summed E-state index contributed by atoms with van der Waals surface area (Å²) in [5.41, 5.74) is 0. The standard InChI is InChI=1S/C11H18N2O4/c14-10(15)9-8(4-7-13(9)11(16)17)12-5-2-1-3-6-12/h8-9H,1-7H2,(H,14,15)(H,16,17)/t8-,9+/m1/s1. The van der Waals surface area contributed by atoms with E-state index in [1.807, 2.05) is 0 Å². The van der Waals surface area contributed by atoms with Gasteiger partial charge in [0.2, 0.25) is 0 Å². The lowest BCUT2D eigenvalue weighted by atomic mass is 10.0. The van der Waals surface area contributed by atoms with Crippen LogP contribution in [0.25, 0.3) is 0 Å². The van der Waals surface area contributed by atoms with Gasteiger partial charge in [-0.3, -0.25) is 9.80 Å². The number of nitrogens with zero attached hydrogens (tertiary/aromatic N) is 2. The third-order valence-electron chi connectivity index (χ3n) is 3.72. The second-order valence-corrected chi connectivity index (χ2v) is 4.71. The third-order valence-corrected chi connectivity index (χ3v) is 3.72. The van der Waals surface area contributed by atoms with Crippen LogP contribution >= 0.6 is 0 Å². The van der Waals surface area contributed by atoms with Gasteiger partial charge in [0.15, 0.2) is 0 Å². The Labute approximate surface area is 99.8 Å². The van der Waals surface area contributed by atoms with Crippen molar-refractivity contribution in [3.05, 3.63) is 0 Å². The van der Waals surface area contributed by atoms with Gasteiger partial charge in [-0.2, -0.15) is 0 Å². The topological polar surface area (TPSA) is 81.1 Å². The molecule has 0 aromatic carbocycles. The highest BCUT2D eigenvalue weighted by molar-refractivity contribution is 5.81. The first-order chi connectivity index (χ1) is 8.11. The van der Waals surface area contributed by atoms with E-state index in [9.17, 15) is 14.7 Å². The van der Waals surface area contributed by atoms with Gasteiger partial charge in [0.1, 0.15) is 6.04 Å². The molecule has 2 aliphatic heterocycles. The molecule has 0 unspecified atom stereocenters. The van der Waals surface area contributed by atoms with Crippen LogP contribution in [0.1, 0.15) is 25.7 Å². The zero-order valence-corrected chi connectivity index (χ0v) is 9.71. The molecule has 2 rings (SSSR count). The van der Waals surface area contributed by atoms with Crippen molar-refractivity contribution in [1.82, 2.24) is 9.80 Å². The van der Waals surface area contributed by atoms with Crippen LogP contribution in [-0.4, -0.2) is 63.8 Å². The molecule has 2 aliphatic rings. The van der Waals surface area contributed by atoms with E-state index in [0.717, 1.165) is 30.8 Å². The molecule has 0 aromatic rings. The first-order valence-electron chi connectivity index (χ1n) is 6.07. The fourth-order valence-electron chi connectivity index (χ4n) is 2.92. The molecule has 1 amide bonds. The summed E-state index contributed by atoms with van der Waals surface area (Å²) in [6, 6.07) is -1.05. The summed E-state index contributed by atoms with van der Waals surface area (Å²) in [6.07, 6.45) is 2.84. The Bertz CT molecular complexity index is 315. The number of hydrogen-bond donors (Lipinski definition) is 2. The molecule has 0 spiro atoms. The van der Waals surface area contributed by atoms with Gasteiger partial charge >= 0.3 is 12.1 Å². The van der Waals surface area contributed by atoms with E-state index in [-0.39, 0.29) is 6.04 Å². The van der Waals surface area contributed by atoms with Crippen molar-refractivity contribution in [2.24, 2.45) is 0 Å². The van der Waals surface area contributed by atoms with Crippen molar-refractivity contribution in [2.75, 3.05) is 19.6 Å². The number of carboxylic acid groups (broad SMARTS) is 2. The fraction of sp³-hybridized carbons (Fsp3) is 0.818. The van der Waals surface area contributed by atoms with Crippen molar-refractivity contribution >= 4 is 12.1 Å². The smallest absolute Gasteiger partial charge is 0.408 e. The third kappa shape index (κ3) is 2.36. The number of piperidine rings is 1. The Morgan fingerprint density at radius 3 is 2.18 bits per heavy atom. The maximum atomic E-state index is 11.2. The van der Waals surface area contributed by atoms with Gasteiger partial charge in [0.25, 0.3) is 0 Å². The van der Waals surface area contributed by atoms with Crippen molar-refractivity contribution in [3.63, 3.8) is 0 Å². The average molecular weight is 242 g/mol. The first-order valence-corrected chi connectivity index (χ1v) is 6.07. The highest BCUT2D eigenvalue weighted by Crippen LogP contribution is 2.26. The quantitative estimate of drug-likeness (QED) is 0.744. The number of hydrogen-bond acceptors (Lipinski definition) is 3. The fourth-order valence-corrected chi connectivity index (χ4v) is 2.92. The Morgan fingerprint density at radius 1 is 1.00 bits per heavy atom. The molecule has 2 N–H and O–H groups in total. The van der Waals surface area contributed by atoms with E-state index in [0.29, 0.717) is 13.0 Å². The Hall–Kier alpha value is -1.30. The minimum atomic E-state index is -1.13. The number of aliphatic carboxylic acids is 1. The van der Waals surface area contributed by atoms with Crippen molar-refractivity contribution < 1.29 is 19.8 Å². The molecule has 0 saturated carbocycles. The summed E-state index contributed by atoms with van der Waals surface area (Å²) in [5.74, 6) is -1.03. The van der Waals surface area contributed by atoms with E-state index in [4.69, 9.17) is 5.11 Å². The molecule has 0 aromatic heterocycles. The molecule has 2 heterocycles. The van der Waals surface area contributed by atoms with Crippen LogP contribution in [0.3, 0.4) is 0 Å². The van der Waals surface area contributed by atoms with Gasteiger partial charge in [0.05, 0.1) is 0 Å². The molecule has 96 valence electrons. The van der Waals surface area contributed by atoms with Gasteiger partial charge in [0, 0.05) is 12.6 Å². The van der Waals surface area contributed by atoms with Crippen LogP contribution < -0.4 is 0 Å². The predicted octanol–water partition coefficient (Wildman–Crippen LogP) is 0.678. The summed E-state index contributed by atoms with van der Waals surface area (Å²) in [6.45, 7) is 2.11. The average Bonchev–Trinajstić information content (AvgIpc) is 2.74. The van der Waals surface area contributed by atoms with E-state index >= 15 is 0 Å². The minimum absolute atomic E-state index is 0.149. The van der Waals surface area contributed by atoms with Crippen molar-refractivity contribution in [2.45, 2.75) is 37.8 Å². The molecule has 6 nitrogen and oxygen atoms in total. The van der Waals surface area contributed by atoms with Gasteiger partial charge in [-0.25, -0.2) is 9.59 Å². The second kappa shape index (κ2) is 4.91. The summed E-state index contributed by atoms with van der Waals surface area (Å²) < 4.78 is 0. The number of likely N-dealkylation sites (tertiary alicyclic amines) is 2. The normalized spacial score (nSPS) is 30.5. The van der Waals surface area contributed by atoms with Crippen molar-refractivity contribution in [3.8, 4) is 0 Å². The second-order valence-electron chi connectivity index (χ2n) is 4.71. The van der Waals surface area contributed by atoms with E-state index in [1.54, 1.807) is 0 Å². The van der Waals surface area contributed by atoms with Gasteiger partial charge in [-0.05, 0) is 32.4 Å².